The zero-order valence-electron chi connectivity index (χ0n) is 18.1. The Morgan fingerprint density at radius 2 is 1.65 bits per heavy atom. The Morgan fingerprint density at radius 1 is 0.968 bits per heavy atom. The lowest BCUT2D eigenvalue weighted by Crippen LogP contribution is -2.36. The van der Waals surface area contributed by atoms with Crippen LogP contribution in [0.25, 0.3) is 11.1 Å². The second-order valence-electron chi connectivity index (χ2n) is 9.29. The molecule has 5 nitrogen and oxygen atoms in total. The predicted octanol–water partition coefficient (Wildman–Crippen LogP) is 4.89. The van der Waals surface area contributed by atoms with Gasteiger partial charge in [-0.25, -0.2) is 4.79 Å². The summed E-state index contributed by atoms with van der Waals surface area (Å²) in [6, 6.07) is 17.1. The summed E-state index contributed by atoms with van der Waals surface area (Å²) >= 11 is 0. The van der Waals surface area contributed by atoms with Crippen molar-refractivity contribution in [3.63, 3.8) is 0 Å². The van der Waals surface area contributed by atoms with Crippen molar-refractivity contribution in [2.24, 2.45) is 0 Å². The Morgan fingerprint density at radius 3 is 2.29 bits per heavy atom. The molecule has 2 aromatic rings. The van der Waals surface area contributed by atoms with Crippen molar-refractivity contribution in [3.05, 3.63) is 59.7 Å². The molecule has 3 fully saturated rings. The summed E-state index contributed by atoms with van der Waals surface area (Å²) in [5, 5.41) is 3.33. The van der Waals surface area contributed by atoms with Crippen molar-refractivity contribution in [3.8, 4) is 11.1 Å². The van der Waals surface area contributed by atoms with Gasteiger partial charge in [0.05, 0.1) is 19.3 Å². The van der Waals surface area contributed by atoms with Crippen LogP contribution in [0.15, 0.2) is 48.5 Å². The van der Waals surface area contributed by atoms with E-state index in [9.17, 15) is 4.79 Å². The molecule has 5 heteroatoms. The van der Waals surface area contributed by atoms with Gasteiger partial charge in [0.2, 0.25) is 0 Å². The van der Waals surface area contributed by atoms with Crippen LogP contribution < -0.4 is 5.32 Å². The number of benzene rings is 2. The van der Waals surface area contributed by atoms with E-state index < -0.39 is 0 Å². The molecule has 0 unspecified atom stereocenters. The molecular weight excluding hydrogens is 388 g/mol. The Kier molecular flexibility index (Phi) is 5.97. The monoisotopic (exact) mass is 420 g/mol. The summed E-state index contributed by atoms with van der Waals surface area (Å²) in [5.74, 6) is 0. The Balaban J connectivity index is 1.17. The van der Waals surface area contributed by atoms with E-state index in [-0.39, 0.29) is 11.7 Å². The van der Waals surface area contributed by atoms with Gasteiger partial charge in [0.1, 0.15) is 5.60 Å². The van der Waals surface area contributed by atoms with Gasteiger partial charge in [0.15, 0.2) is 0 Å². The fraction of sp³-hybridized carbons (Fsp3) is 0.500. The van der Waals surface area contributed by atoms with Crippen molar-refractivity contribution >= 4 is 6.09 Å². The molecular formula is C26H32N2O3. The smallest absolute Gasteiger partial charge is 0.410 e. The SMILES string of the molecule is O=C1OC2(CCCCC2)CN1Cc1ccc(-c2ccc(CO[C@@H]3CCNC3)cc2)cc1. The van der Waals surface area contributed by atoms with Gasteiger partial charge in [0.25, 0.3) is 0 Å². The minimum atomic E-state index is -0.227. The highest BCUT2D eigenvalue weighted by Crippen LogP contribution is 2.37. The van der Waals surface area contributed by atoms with Gasteiger partial charge >= 0.3 is 6.09 Å². The first-order chi connectivity index (χ1) is 15.2. The molecule has 0 radical (unpaired) electrons. The molecule has 1 aliphatic carbocycles. The molecule has 1 amide bonds. The number of carbonyl (C=O) groups excluding carboxylic acids is 1. The number of ether oxygens (including phenoxy) is 2. The van der Waals surface area contributed by atoms with E-state index in [0.29, 0.717) is 19.3 Å². The first-order valence-electron chi connectivity index (χ1n) is 11.7. The minimum Gasteiger partial charge on any atom is -0.441 e. The highest BCUT2D eigenvalue weighted by molar-refractivity contribution is 5.71. The molecule has 1 atom stereocenters. The Labute approximate surface area is 184 Å². The van der Waals surface area contributed by atoms with Crippen LogP contribution >= 0.6 is 0 Å². The molecule has 1 saturated carbocycles. The van der Waals surface area contributed by atoms with E-state index in [0.717, 1.165) is 44.5 Å². The van der Waals surface area contributed by atoms with Crippen LogP contribution in [0.1, 0.15) is 49.7 Å². The Hall–Kier alpha value is -2.37. The number of hydrogen-bond acceptors (Lipinski definition) is 4. The second-order valence-corrected chi connectivity index (χ2v) is 9.29. The average Bonchev–Trinajstić information content (AvgIpc) is 3.42. The van der Waals surface area contributed by atoms with Gasteiger partial charge in [-0.1, -0.05) is 55.0 Å². The zero-order valence-corrected chi connectivity index (χ0v) is 18.1. The van der Waals surface area contributed by atoms with Crippen molar-refractivity contribution in [1.29, 1.82) is 0 Å². The summed E-state index contributed by atoms with van der Waals surface area (Å²) < 4.78 is 11.8. The van der Waals surface area contributed by atoms with Gasteiger partial charge in [-0.15, -0.1) is 0 Å². The zero-order chi connectivity index (χ0) is 21.1. The molecule has 2 heterocycles. The lowest BCUT2D eigenvalue weighted by Gasteiger charge is -2.30. The van der Waals surface area contributed by atoms with E-state index in [2.05, 4.69) is 53.8 Å². The molecule has 31 heavy (non-hydrogen) atoms. The topological polar surface area (TPSA) is 50.8 Å². The third-order valence-corrected chi connectivity index (χ3v) is 6.92. The van der Waals surface area contributed by atoms with Crippen LogP contribution in [0.2, 0.25) is 0 Å². The van der Waals surface area contributed by atoms with Crippen LogP contribution in [0.5, 0.6) is 0 Å². The standard InChI is InChI=1S/C26H32N2O3/c29-25-28(19-26(31-25)13-2-1-3-14-26)17-20-4-8-22(9-5-20)23-10-6-21(7-11-23)18-30-24-12-15-27-16-24/h4-11,24,27H,1-3,12-19H2/t24-/m1/s1. The first-order valence-corrected chi connectivity index (χ1v) is 11.7. The summed E-state index contributed by atoms with van der Waals surface area (Å²) in [7, 11) is 0. The summed E-state index contributed by atoms with van der Waals surface area (Å²) in [4.78, 5) is 14.3. The van der Waals surface area contributed by atoms with Crippen molar-refractivity contribution in [2.45, 2.75) is 63.4 Å². The van der Waals surface area contributed by atoms with E-state index in [4.69, 9.17) is 9.47 Å². The molecule has 1 N–H and O–H groups in total. The first kappa shape index (κ1) is 20.5. The molecule has 0 aromatic heterocycles. The van der Waals surface area contributed by atoms with Crippen LogP contribution in [-0.4, -0.2) is 42.3 Å². The second kappa shape index (κ2) is 9.01. The lowest BCUT2D eigenvalue weighted by atomic mass is 9.85. The molecule has 164 valence electrons. The summed E-state index contributed by atoms with van der Waals surface area (Å²) in [6.07, 6.45) is 6.88. The normalized spacial score (nSPS) is 22.8. The number of amides is 1. The third-order valence-electron chi connectivity index (χ3n) is 6.92. The molecule has 2 saturated heterocycles. The predicted molar refractivity (Wildman–Crippen MR) is 121 cm³/mol. The molecule has 0 bridgehead atoms. The fourth-order valence-corrected chi connectivity index (χ4v) is 5.07. The van der Waals surface area contributed by atoms with E-state index >= 15 is 0 Å². The maximum absolute atomic E-state index is 12.4. The third kappa shape index (κ3) is 4.78. The lowest BCUT2D eigenvalue weighted by molar-refractivity contribution is 0.0260. The largest absolute Gasteiger partial charge is 0.441 e. The summed E-state index contributed by atoms with van der Waals surface area (Å²) in [5.41, 5.74) is 4.50. The number of nitrogens with zero attached hydrogens (tertiary/aromatic N) is 1. The number of rotatable bonds is 6. The minimum absolute atomic E-state index is 0.155. The van der Waals surface area contributed by atoms with Crippen molar-refractivity contribution < 1.29 is 14.3 Å². The molecule has 3 aliphatic rings. The van der Waals surface area contributed by atoms with Gasteiger partial charge in [0, 0.05) is 13.1 Å². The van der Waals surface area contributed by atoms with Crippen LogP contribution in [0, 0.1) is 0 Å². The van der Waals surface area contributed by atoms with Gasteiger partial charge in [-0.3, -0.25) is 4.90 Å². The van der Waals surface area contributed by atoms with Crippen LogP contribution in [0.4, 0.5) is 4.79 Å². The number of carbonyl (C=O) groups is 1. The van der Waals surface area contributed by atoms with Gasteiger partial charge in [-0.2, -0.15) is 0 Å². The maximum Gasteiger partial charge on any atom is 0.410 e. The highest BCUT2D eigenvalue weighted by Gasteiger charge is 2.45. The summed E-state index contributed by atoms with van der Waals surface area (Å²) in [6.45, 7) is 4.03. The van der Waals surface area contributed by atoms with Crippen molar-refractivity contribution in [1.82, 2.24) is 10.2 Å². The maximum atomic E-state index is 12.4. The number of hydrogen-bond donors (Lipinski definition) is 1. The van der Waals surface area contributed by atoms with Crippen LogP contribution in [-0.2, 0) is 22.6 Å². The Bertz CT molecular complexity index is 882. The molecule has 2 aromatic carbocycles. The van der Waals surface area contributed by atoms with E-state index in [1.165, 1.54) is 36.0 Å². The highest BCUT2D eigenvalue weighted by atomic mass is 16.6. The quantitative estimate of drug-likeness (QED) is 0.723. The van der Waals surface area contributed by atoms with E-state index in [1.54, 1.807) is 0 Å². The van der Waals surface area contributed by atoms with Crippen LogP contribution in [0.3, 0.4) is 0 Å². The van der Waals surface area contributed by atoms with Gasteiger partial charge < -0.3 is 14.8 Å². The molecule has 5 rings (SSSR count). The average molecular weight is 421 g/mol. The van der Waals surface area contributed by atoms with Crippen molar-refractivity contribution in [2.75, 3.05) is 19.6 Å². The molecule has 1 spiro atoms. The van der Waals surface area contributed by atoms with E-state index in [1.807, 2.05) is 4.90 Å². The number of nitrogens with one attached hydrogen (secondary N) is 1. The molecule has 2 aliphatic heterocycles. The van der Waals surface area contributed by atoms with Gasteiger partial charge in [-0.05, 0) is 60.9 Å². The fourth-order valence-electron chi connectivity index (χ4n) is 5.07.